The summed E-state index contributed by atoms with van der Waals surface area (Å²) in [4.78, 5) is 15.4. The molecule has 0 saturated carbocycles. The second-order valence-electron chi connectivity index (χ2n) is 8.50. The second-order valence-corrected chi connectivity index (χ2v) is 9.41. The molecule has 4 aromatic rings. The largest absolute Gasteiger partial charge is 0.493 e. The monoisotopic (exact) mass is 531 g/mol. The fourth-order valence-electron chi connectivity index (χ4n) is 4.72. The maximum absolute atomic E-state index is 13.5. The number of amides is 1. The summed E-state index contributed by atoms with van der Waals surface area (Å²) in [5.41, 5.74) is 3.25. The summed E-state index contributed by atoms with van der Waals surface area (Å²) < 4.78 is 18.1. The van der Waals surface area contributed by atoms with Crippen LogP contribution in [0.2, 0.25) is 0 Å². The van der Waals surface area contributed by atoms with Crippen molar-refractivity contribution < 1.29 is 19.0 Å². The molecular weight excluding hydrogens is 506 g/mol. The number of halogens is 1. The Bertz CT molecular complexity index is 1370. The van der Waals surface area contributed by atoms with Gasteiger partial charge in [-0.05, 0) is 70.3 Å². The van der Waals surface area contributed by atoms with Crippen LogP contribution in [0.25, 0.3) is 10.8 Å². The van der Waals surface area contributed by atoms with Gasteiger partial charge in [0, 0.05) is 11.0 Å². The molecule has 178 valence electrons. The van der Waals surface area contributed by atoms with E-state index in [1.54, 1.807) is 14.2 Å². The average Bonchev–Trinajstić information content (AvgIpc) is 2.90. The highest BCUT2D eigenvalue weighted by Gasteiger charge is 2.33. The molecule has 0 saturated heterocycles. The van der Waals surface area contributed by atoms with Crippen molar-refractivity contribution in [1.82, 2.24) is 4.90 Å². The summed E-state index contributed by atoms with van der Waals surface area (Å²) in [6.07, 6.45) is 0.732. The van der Waals surface area contributed by atoms with Gasteiger partial charge in [-0.15, -0.1) is 0 Å². The molecule has 0 radical (unpaired) electrons. The molecule has 5 rings (SSSR count). The lowest BCUT2D eigenvalue weighted by atomic mass is 9.87. The van der Waals surface area contributed by atoms with Gasteiger partial charge in [-0.25, -0.2) is 0 Å². The van der Waals surface area contributed by atoms with Crippen molar-refractivity contribution in [3.63, 3.8) is 0 Å². The predicted octanol–water partition coefficient (Wildman–Crippen LogP) is 6.17. The molecule has 0 aliphatic carbocycles. The lowest BCUT2D eigenvalue weighted by molar-refractivity contribution is -0.135. The maximum atomic E-state index is 13.5. The zero-order valence-corrected chi connectivity index (χ0v) is 21.2. The SMILES string of the molecule is COc1cc2c(cc1OC)[C@@H](c1ccccc1)N(C(=O)COc1ccc3cc(Br)ccc3c1)CC2. The first-order chi connectivity index (χ1) is 17.1. The first kappa shape index (κ1) is 23.2. The van der Waals surface area contributed by atoms with E-state index in [1.807, 2.05) is 65.6 Å². The van der Waals surface area contributed by atoms with E-state index in [9.17, 15) is 4.79 Å². The molecule has 4 aromatic carbocycles. The Hall–Kier alpha value is -3.51. The van der Waals surface area contributed by atoms with Gasteiger partial charge in [0.2, 0.25) is 0 Å². The van der Waals surface area contributed by atoms with Crippen LogP contribution < -0.4 is 14.2 Å². The molecule has 0 spiro atoms. The van der Waals surface area contributed by atoms with Crippen molar-refractivity contribution in [2.75, 3.05) is 27.4 Å². The third kappa shape index (κ3) is 4.71. The minimum Gasteiger partial charge on any atom is -0.493 e. The van der Waals surface area contributed by atoms with Crippen LogP contribution in [0.3, 0.4) is 0 Å². The predicted molar refractivity (Wildman–Crippen MR) is 140 cm³/mol. The normalized spacial score (nSPS) is 14.9. The fraction of sp³-hybridized carbons (Fsp3) is 0.207. The van der Waals surface area contributed by atoms with Gasteiger partial charge in [0.15, 0.2) is 18.1 Å². The highest BCUT2D eigenvalue weighted by Crippen LogP contribution is 2.41. The number of rotatable bonds is 6. The van der Waals surface area contributed by atoms with Gasteiger partial charge < -0.3 is 19.1 Å². The van der Waals surface area contributed by atoms with Crippen molar-refractivity contribution in [2.24, 2.45) is 0 Å². The van der Waals surface area contributed by atoms with Crippen LogP contribution in [0.15, 0.2) is 83.3 Å². The number of benzene rings is 4. The molecule has 35 heavy (non-hydrogen) atoms. The van der Waals surface area contributed by atoms with Gasteiger partial charge in [-0.2, -0.15) is 0 Å². The van der Waals surface area contributed by atoms with Crippen LogP contribution in [0.4, 0.5) is 0 Å². The van der Waals surface area contributed by atoms with E-state index >= 15 is 0 Å². The number of fused-ring (bicyclic) bond motifs is 2. The maximum Gasteiger partial charge on any atom is 0.261 e. The zero-order valence-electron chi connectivity index (χ0n) is 19.7. The molecule has 0 fully saturated rings. The van der Waals surface area contributed by atoms with Crippen LogP contribution in [0, 0.1) is 0 Å². The number of nitrogens with zero attached hydrogens (tertiary/aromatic N) is 1. The number of hydrogen-bond donors (Lipinski definition) is 0. The third-order valence-corrected chi connectivity index (χ3v) is 6.94. The molecule has 1 atom stereocenters. The van der Waals surface area contributed by atoms with Gasteiger partial charge in [-0.1, -0.05) is 58.4 Å². The summed E-state index contributed by atoms with van der Waals surface area (Å²) in [5, 5.41) is 2.17. The Labute approximate surface area is 213 Å². The van der Waals surface area contributed by atoms with Crippen LogP contribution in [0.1, 0.15) is 22.7 Å². The van der Waals surface area contributed by atoms with Gasteiger partial charge in [0.25, 0.3) is 5.91 Å². The van der Waals surface area contributed by atoms with E-state index in [2.05, 4.69) is 34.1 Å². The zero-order chi connectivity index (χ0) is 24.4. The minimum absolute atomic E-state index is 0.0337. The standard InChI is InChI=1S/C29H26BrNO4/c1-33-26-16-22-12-13-31(29(19-6-4-3-5-7-19)25(22)17-27(26)34-2)28(32)18-35-24-11-9-20-14-23(30)10-8-21(20)15-24/h3-11,14-17,29H,12-13,18H2,1-2H3/t29-/m1/s1. The average molecular weight is 532 g/mol. The number of carbonyl (C=O) groups is 1. The van der Waals surface area contributed by atoms with E-state index in [-0.39, 0.29) is 18.6 Å². The van der Waals surface area contributed by atoms with E-state index < -0.39 is 0 Å². The van der Waals surface area contributed by atoms with Crippen LogP contribution >= 0.6 is 15.9 Å². The van der Waals surface area contributed by atoms with E-state index in [0.29, 0.717) is 23.8 Å². The lowest BCUT2D eigenvalue weighted by Gasteiger charge is -2.38. The highest BCUT2D eigenvalue weighted by molar-refractivity contribution is 9.10. The van der Waals surface area contributed by atoms with Gasteiger partial charge in [0.05, 0.1) is 20.3 Å². The first-order valence-corrected chi connectivity index (χ1v) is 12.3. The quantitative estimate of drug-likeness (QED) is 0.298. The molecule has 0 aromatic heterocycles. The lowest BCUT2D eigenvalue weighted by Crippen LogP contribution is -2.43. The van der Waals surface area contributed by atoms with Crippen molar-refractivity contribution in [2.45, 2.75) is 12.5 Å². The summed E-state index contributed by atoms with van der Waals surface area (Å²) in [6, 6.07) is 25.8. The molecule has 0 unspecified atom stereocenters. The van der Waals surface area contributed by atoms with Crippen molar-refractivity contribution >= 4 is 32.6 Å². The molecule has 6 heteroatoms. The smallest absolute Gasteiger partial charge is 0.261 e. The Morgan fingerprint density at radius 1 is 0.914 bits per heavy atom. The molecular formula is C29H26BrNO4. The number of ether oxygens (including phenoxy) is 3. The number of carbonyl (C=O) groups excluding carboxylic acids is 1. The summed E-state index contributed by atoms with van der Waals surface area (Å²) in [5.74, 6) is 1.97. The van der Waals surface area contributed by atoms with Gasteiger partial charge in [0.1, 0.15) is 5.75 Å². The topological polar surface area (TPSA) is 48.0 Å². The summed E-state index contributed by atoms with van der Waals surface area (Å²) in [7, 11) is 3.27. The summed E-state index contributed by atoms with van der Waals surface area (Å²) >= 11 is 3.50. The Morgan fingerprint density at radius 2 is 1.63 bits per heavy atom. The second kappa shape index (κ2) is 10.0. The van der Waals surface area contributed by atoms with Gasteiger partial charge in [-0.3, -0.25) is 4.79 Å². The Kier molecular flexibility index (Phi) is 6.64. The molecule has 1 heterocycles. The van der Waals surface area contributed by atoms with Crippen LogP contribution in [0.5, 0.6) is 17.2 Å². The number of methoxy groups -OCH3 is 2. The highest BCUT2D eigenvalue weighted by atomic mass is 79.9. The molecule has 1 aliphatic heterocycles. The van der Waals surface area contributed by atoms with Crippen molar-refractivity contribution in [1.29, 1.82) is 0 Å². The molecule has 1 aliphatic rings. The molecule has 1 amide bonds. The summed E-state index contributed by atoms with van der Waals surface area (Å²) in [6.45, 7) is 0.559. The van der Waals surface area contributed by atoms with Crippen LogP contribution in [-0.2, 0) is 11.2 Å². The minimum atomic E-state index is -0.232. The first-order valence-electron chi connectivity index (χ1n) is 11.5. The molecule has 0 bridgehead atoms. The van der Waals surface area contributed by atoms with Gasteiger partial charge >= 0.3 is 0 Å². The van der Waals surface area contributed by atoms with Crippen molar-refractivity contribution in [3.05, 3.63) is 100 Å². The Morgan fingerprint density at radius 3 is 2.40 bits per heavy atom. The Balaban J connectivity index is 1.43. The fourth-order valence-corrected chi connectivity index (χ4v) is 5.10. The molecule has 5 nitrogen and oxygen atoms in total. The van der Waals surface area contributed by atoms with E-state index in [4.69, 9.17) is 14.2 Å². The third-order valence-electron chi connectivity index (χ3n) is 6.45. The van der Waals surface area contributed by atoms with E-state index in [1.165, 1.54) is 0 Å². The van der Waals surface area contributed by atoms with E-state index in [0.717, 1.165) is 38.4 Å². The molecule has 0 N–H and O–H groups in total. The number of hydrogen-bond acceptors (Lipinski definition) is 4. The van der Waals surface area contributed by atoms with Crippen LogP contribution in [-0.4, -0.2) is 38.2 Å². The van der Waals surface area contributed by atoms with Crippen molar-refractivity contribution in [3.8, 4) is 17.2 Å².